The number of amides is 1. The highest BCUT2D eigenvalue weighted by atomic mass is 32.1. The monoisotopic (exact) mass is 507 g/mol. The third-order valence-corrected chi connectivity index (χ3v) is 5.81. The fourth-order valence-electron chi connectivity index (χ4n) is 2.97. The van der Waals surface area contributed by atoms with Crippen LogP contribution in [0.5, 0.6) is 5.75 Å². The van der Waals surface area contributed by atoms with Crippen LogP contribution in [0.4, 0.5) is 18.9 Å². The third-order valence-electron chi connectivity index (χ3n) is 4.74. The van der Waals surface area contributed by atoms with Gasteiger partial charge in [-0.15, -0.1) is 11.3 Å². The first-order valence-corrected chi connectivity index (χ1v) is 10.6. The molecule has 35 heavy (non-hydrogen) atoms. The largest absolute Gasteiger partial charge is 0.506 e. The van der Waals surface area contributed by atoms with Crippen molar-refractivity contribution in [2.24, 2.45) is 5.10 Å². The summed E-state index contributed by atoms with van der Waals surface area (Å²) in [5, 5.41) is 26.9. The molecule has 0 bridgehead atoms. The summed E-state index contributed by atoms with van der Waals surface area (Å²) in [6, 6.07) is 7.58. The zero-order valence-corrected chi connectivity index (χ0v) is 18.6. The Bertz CT molecular complexity index is 1300. The minimum absolute atomic E-state index is 0.0880. The SMILES string of the molecule is COC(=O)c1ccc(C(=O)NN=CCc2csc(-c3ccc(C(F)(F)F)cc3)c2O)cc1[N+](=O)[O-]. The number of hydrogen-bond acceptors (Lipinski definition) is 8. The molecule has 13 heteroatoms. The van der Waals surface area contributed by atoms with Crippen LogP contribution in [0.3, 0.4) is 0 Å². The number of carbonyl (C=O) groups excluding carboxylic acids is 2. The van der Waals surface area contributed by atoms with Gasteiger partial charge in [-0.3, -0.25) is 14.9 Å². The summed E-state index contributed by atoms with van der Waals surface area (Å²) >= 11 is 1.13. The van der Waals surface area contributed by atoms with Gasteiger partial charge in [0.15, 0.2) is 0 Å². The Morgan fingerprint density at radius 3 is 2.51 bits per heavy atom. The van der Waals surface area contributed by atoms with E-state index >= 15 is 0 Å². The number of ether oxygens (including phenoxy) is 1. The summed E-state index contributed by atoms with van der Waals surface area (Å²) in [5.41, 5.74) is 1.19. The summed E-state index contributed by atoms with van der Waals surface area (Å²) in [4.78, 5) is 34.6. The van der Waals surface area contributed by atoms with Gasteiger partial charge in [-0.2, -0.15) is 18.3 Å². The van der Waals surface area contributed by atoms with Gasteiger partial charge in [0.25, 0.3) is 11.6 Å². The highest BCUT2D eigenvalue weighted by Crippen LogP contribution is 2.39. The molecule has 2 aromatic carbocycles. The summed E-state index contributed by atoms with van der Waals surface area (Å²) < 4.78 is 42.6. The number of nitro benzene ring substituents is 1. The van der Waals surface area contributed by atoms with Crippen molar-refractivity contribution in [3.05, 3.63) is 80.2 Å². The normalized spacial score (nSPS) is 11.4. The van der Waals surface area contributed by atoms with Crippen LogP contribution in [0.15, 0.2) is 52.9 Å². The molecule has 3 aromatic rings. The Morgan fingerprint density at radius 2 is 1.91 bits per heavy atom. The number of hydrogen-bond donors (Lipinski definition) is 2. The van der Waals surface area contributed by atoms with Crippen molar-refractivity contribution in [2.75, 3.05) is 7.11 Å². The third kappa shape index (κ3) is 5.81. The zero-order chi connectivity index (χ0) is 25.8. The summed E-state index contributed by atoms with van der Waals surface area (Å²) in [5.74, 6) is -1.82. The average molecular weight is 507 g/mol. The van der Waals surface area contributed by atoms with Crippen molar-refractivity contribution in [1.82, 2.24) is 5.43 Å². The van der Waals surface area contributed by atoms with E-state index in [1.54, 1.807) is 5.38 Å². The summed E-state index contributed by atoms with van der Waals surface area (Å²) in [7, 11) is 1.07. The predicted octanol–water partition coefficient (Wildman–Crippen LogP) is 4.79. The van der Waals surface area contributed by atoms with Gasteiger partial charge < -0.3 is 9.84 Å². The molecule has 1 aromatic heterocycles. The molecular weight excluding hydrogens is 491 g/mol. The lowest BCUT2D eigenvalue weighted by Crippen LogP contribution is -2.18. The van der Waals surface area contributed by atoms with E-state index in [-0.39, 0.29) is 23.3 Å². The lowest BCUT2D eigenvalue weighted by molar-refractivity contribution is -0.385. The number of aromatic hydroxyl groups is 1. The van der Waals surface area contributed by atoms with Crippen LogP contribution >= 0.6 is 11.3 Å². The fourth-order valence-corrected chi connectivity index (χ4v) is 3.95. The molecule has 0 unspecified atom stereocenters. The second-order valence-corrected chi connectivity index (χ2v) is 7.83. The Balaban J connectivity index is 1.66. The van der Waals surface area contributed by atoms with Crippen molar-refractivity contribution < 1.29 is 37.5 Å². The molecule has 0 aliphatic rings. The second-order valence-electron chi connectivity index (χ2n) is 6.95. The van der Waals surface area contributed by atoms with E-state index in [1.807, 2.05) is 0 Å². The first kappa shape index (κ1) is 25.4. The number of hydrazone groups is 1. The Kier molecular flexibility index (Phi) is 7.49. The van der Waals surface area contributed by atoms with Crippen LogP contribution in [0.2, 0.25) is 0 Å². The molecule has 0 fully saturated rings. The molecule has 0 saturated carbocycles. The zero-order valence-electron chi connectivity index (χ0n) is 17.8. The molecule has 0 spiro atoms. The number of alkyl halides is 3. The molecular formula is C22H16F3N3O6S. The van der Waals surface area contributed by atoms with E-state index in [1.165, 1.54) is 24.4 Å². The minimum Gasteiger partial charge on any atom is -0.506 e. The number of methoxy groups -OCH3 is 1. The standard InChI is InChI=1S/C22H16F3N3O6S/c1-34-21(31)16-7-4-13(10-17(16)28(32)33)20(30)27-26-9-8-14-11-35-19(18(14)29)12-2-5-15(6-3-12)22(23,24)25/h2-7,9-11,29H,8H2,1H3,(H,27,30). The number of nitrogens with one attached hydrogen (secondary N) is 1. The first-order chi connectivity index (χ1) is 16.5. The van der Waals surface area contributed by atoms with E-state index in [2.05, 4.69) is 15.3 Å². The average Bonchev–Trinajstić information content (AvgIpc) is 3.20. The van der Waals surface area contributed by atoms with Crippen molar-refractivity contribution in [3.63, 3.8) is 0 Å². The first-order valence-electron chi connectivity index (χ1n) is 9.68. The molecule has 9 nitrogen and oxygen atoms in total. The lowest BCUT2D eigenvalue weighted by atomic mass is 10.1. The Hall–Kier alpha value is -4.26. The van der Waals surface area contributed by atoms with Crippen LogP contribution in [0, 0.1) is 10.1 Å². The van der Waals surface area contributed by atoms with Gasteiger partial charge in [0.1, 0.15) is 11.3 Å². The molecule has 0 atom stereocenters. The Labute approximate surface area is 199 Å². The summed E-state index contributed by atoms with van der Waals surface area (Å²) in [6.45, 7) is 0. The van der Waals surface area contributed by atoms with Gasteiger partial charge in [0.2, 0.25) is 0 Å². The molecule has 1 amide bonds. The van der Waals surface area contributed by atoms with Crippen LogP contribution in [-0.4, -0.2) is 35.2 Å². The van der Waals surface area contributed by atoms with Gasteiger partial charge in [0.05, 0.1) is 22.5 Å². The number of carbonyl (C=O) groups is 2. The quantitative estimate of drug-likeness (QED) is 0.205. The number of rotatable bonds is 7. The van der Waals surface area contributed by atoms with E-state index < -0.39 is 34.2 Å². The number of nitro groups is 1. The number of nitrogens with zero attached hydrogens (tertiary/aromatic N) is 2. The predicted molar refractivity (Wildman–Crippen MR) is 121 cm³/mol. The maximum Gasteiger partial charge on any atom is 0.416 e. The smallest absolute Gasteiger partial charge is 0.416 e. The number of thiophene rings is 1. The van der Waals surface area contributed by atoms with Crippen LogP contribution in [-0.2, 0) is 17.3 Å². The van der Waals surface area contributed by atoms with Crippen molar-refractivity contribution >= 4 is 35.1 Å². The molecule has 182 valence electrons. The number of esters is 1. The molecule has 0 aliphatic carbocycles. The van der Waals surface area contributed by atoms with Gasteiger partial charge in [-0.1, -0.05) is 12.1 Å². The van der Waals surface area contributed by atoms with Crippen LogP contribution in [0.25, 0.3) is 10.4 Å². The maximum atomic E-state index is 12.7. The van der Waals surface area contributed by atoms with Gasteiger partial charge in [-0.25, -0.2) is 10.2 Å². The second kappa shape index (κ2) is 10.3. The van der Waals surface area contributed by atoms with E-state index in [4.69, 9.17) is 0 Å². The van der Waals surface area contributed by atoms with Crippen molar-refractivity contribution in [2.45, 2.75) is 12.6 Å². The maximum absolute atomic E-state index is 12.7. The topological polar surface area (TPSA) is 131 Å². The van der Waals surface area contributed by atoms with E-state index in [0.29, 0.717) is 16.0 Å². The van der Waals surface area contributed by atoms with E-state index in [0.717, 1.165) is 42.7 Å². The highest BCUT2D eigenvalue weighted by Gasteiger charge is 2.30. The minimum atomic E-state index is -4.46. The highest BCUT2D eigenvalue weighted by molar-refractivity contribution is 7.14. The molecule has 3 rings (SSSR count). The molecule has 0 radical (unpaired) electrons. The van der Waals surface area contributed by atoms with Crippen LogP contribution in [0.1, 0.15) is 31.8 Å². The molecule has 0 saturated heterocycles. The van der Waals surface area contributed by atoms with Crippen molar-refractivity contribution in [1.29, 1.82) is 0 Å². The van der Waals surface area contributed by atoms with Crippen molar-refractivity contribution in [3.8, 4) is 16.2 Å². The number of halogens is 3. The molecule has 0 aliphatic heterocycles. The molecule has 2 N–H and O–H groups in total. The van der Waals surface area contributed by atoms with Gasteiger partial charge in [0, 0.05) is 29.8 Å². The van der Waals surface area contributed by atoms with Gasteiger partial charge >= 0.3 is 12.1 Å². The molecule has 1 heterocycles. The number of benzene rings is 2. The lowest BCUT2D eigenvalue weighted by Gasteiger charge is -2.07. The Morgan fingerprint density at radius 1 is 1.23 bits per heavy atom. The van der Waals surface area contributed by atoms with Gasteiger partial charge in [-0.05, 0) is 35.2 Å². The van der Waals surface area contributed by atoms with E-state index in [9.17, 15) is 38.0 Å². The fraction of sp³-hybridized carbons (Fsp3) is 0.136. The summed E-state index contributed by atoms with van der Waals surface area (Å²) in [6.07, 6.45) is -3.10. The van der Waals surface area contributed by atoms with Crippen LogP contribution < -0.4 is 5.43 Å².